The normalized spacial score (nSPS) is 19.5. The summed E-state index contributed by atoms with van der Waals surface area (Å²) in [5.41, 5.74) is 6.66. The fourth-order valence-corrected chi connectivity index (χ4v) is 3.75. The number of hydrogen-bond acceptors (Lipinski definition) is 7. The highest BCUT2D eigenvalue weighted by Crippen LogP contribution is 2.40. The minimum absolute atomic E-state index is 0.0817. The highest BCUT2D eigenvalue weighted by atomic mass is 16.6. The molecule has 31 heavy (non-hydrogen) atoms. The van der Waals surface area contributed by atoms with Crippen LogP contribution in [-0.4, -0.2) is 50.8 Å². The van der Waals surface area contributed by atoms with Gasteiger partial charge < -0.3 is 20.3 Å². The van der Waals surface area contributed by atoms with Crippen LogP contribution in [0.25, 0.3) is 0 Å². The fourth-order valence-electron chi connectivity index (χ4n) is 3.75. The zero-order valence-electron chi connectivity index (χ0n) is 17.5. The molecule has 9 nitrogen and oxygen atoms in total. The van der Waals surface area contributed by atoms with Crippen molar-refractivity contribution in [2.75, 3.05) is 13.1 Å². The van der Waals surface area contributed by atoms with Gasteiger partial charge in [-0.2, -0.15) is 10.4 Å². The Kier molecular flexibility index (Phi) is 5.96. The standard InChI is InChI=1S/C22H27N5O4/c1-22(8-9-22)31-21(29)26-10-6-17(7-11-26)27-19(12-23)16(13-25-27)14-30-18-4-2-15(3-5-18)20(24)28/h2-5,13,17,21,29H,6-11,14H2,1H3,(H2,24,28). The molecule has 9 heteroatoms. The molecule has 2 aromatic rings. The molecule has 2 heterocycles. The summed E-state index contributed by atoms with van der Waals surface area (Å²) in [6.45, 7) is 3.56. The van der Waals surface area contributed by atoms with Crippen molar-refractivity contribution in [1.82, 2.24) is 14.7 Å². The quantitative estimate of drug-likeness (QED) is 0.619. The highest BCUT2D eigenvalue weighted by Gasteiger charge is 2.42. The number of aliphatic hydroxyl groups is 1. The molecule has 164 valence electrons. The minimum Gasteiger partial charge on any atom is -0.489 e. The number of carbonyl (C=O) groups excluding carboxylic acids is 1. The number of aliphatic hydroxyl groups excluding tert-OH is 1. The Morgan fingerprint density at radius 3 is 2.61 bits per heavy atom. The van der Waals surface area contributed by atoms with Gasteiger partial charge in [-0.05, 0) is 56.9 Å². The van der Waals surface area contributed by atoms with Gasteiger partial charge in [0.05, 0.1) is 17.8 Å². The lowest BCUT2D eigenvalue weighted by molar-refractivity contribution is -0.227. The van der Waals surface area contributed by atoms with E-state index in [0.29, 0.717) is 35.7 Å². The van der Waals surface area contributed by atoms with Gasteiger partial charge in [0.25, 0.3) is 0 Å². The number of rotatable bonds is 8. The lowest BCUT2D eigenvalue weighted by Gasteiger charge is -2.35. The molecule has 4 rings (SSSR count). The molecule has 1 aromatic carbocycles. The van der Waals surface area contributed by atoms with Crippen molar-refractivity contribution >= 4 is 5.91 Å². The van der Waals surface area contributed by atoms with Gasteiger partial charge in [-0.3, -0.25) is 14.4 Å². The topological polar surface area (TPSA) is 127 Å². The minimum atomic E-state index is -0.883. The third-order valence-corrected chi connectivity index (χ3v) is 6.01. The number of piperidine rings is 1. The zero-order chi connectivity index (χ0) is 22.0. The molecule has 1 aliphatic heterocycles. The average molecular weight is 425 g/mol. The molecule has 1 aliphatic carbocycles. The first-order valence-corrected chi connectivity index (χ1v) is 10.5. The number of primary amides is 1. The molecule has 0 bridgehead atoms. The lowest BCUT2D eigenvalue weighted by Crippen LogP contribution is -2.45. The highest BCUT2D eigenvalue weighted by molar-refractivity contribution is 5.92. The van der Waals surface area contributed by atoms with E-state index < -0.39 is 12.3 Å². The second-order valence-electron chi connectivity index (χ2n) is 8.41. The van der Waals surface area contributed by atoms with Gasteiger partial charge in [-0.1, -0.05) is 0 Å². The van der Waals surface area contributed by atoms with Gasteiger partial charge in [0, 0.05) is 24.2 Å². The number of aromatic nitrogens is 2. The van der Waals surface area contributed by atoms with Crippen molar-refractivity contribution in [1.29, 1.82) is 5.26 Å². The van der Waals surface area contributed by atoms with Crippen molar-refractivity contribution < 1.29 is 19.4 Å². The van der Waals surface area contributed by atoms with Gasteiger partial charge in [0.15, 0.2) is 0 Å². The summed E-state index contributed by atoms with van der Waals surface area (Å²) >= 11 is 0. The smallest absolute Gasteiger partial charge is 0.248 e. The van der Waals surface area contributed by atoms with Gasteiger partial charge in [-0.15, -0.1) is 0 Å². The van der Waals surface area contributed by atoms with Gasteiger partial charge in [0.1, 0.15) is 24.1 Å². The Hall–Kier alpha value is -2.93. The summed E-state index contributed by atoms with van der Waals surface area (Å²) < 4.78 is 13.3. The second-order valence-corrected chi connectivity index (χ2v) is 8.41. The van der Waals surface area contributed by atoms with Crippen molar-refractivity contribution in [3.05, 3.63) is 47.3 Å². The van der Waals surface area contributed by atoms with Gasteiger partial charge in [-0.25, -0.2) is 0 Å². The second kappa shape index (κ2) is 8.67. The molecule has 1 saturated heterocycles. The molecule has 1 amide bonds. The number of hydrogen-bond donors (Lipinski definition) is 2. The van der Waals surface area contributed by atoms with E-state index in [1.54, 1.807) is 35.1 Å². The summed E-state index contributed by atoms with van der Waals surface area (Å²) in [6, 6.07) is 8.86. The number of carbonyl (C=O) groups is 1. The number of amides is 1. The predicted octanol–water partition coefficient (Wildman–Crippen LogP) is 1.91. The predicted molar refractivity (Wildman–Crippen MR) is 111 cm³/mol. The van der Waals surface area contributed by atoms with Gasteiger partial charge >= 0.3 is 0 Å². The maximum Gasteiger partial charge on any atom is 0.248 e. The maximum atomic E-state index is 11.2. The molecular weight excluding hydrogens is 398 g/mol. The molecule has 2 aliphatic rings. The monoisotopic (exact) mass is 425 g/mol. The van der Waals surface area contributed by atoms with Crippen molar-refractivity contribution in [3.63, 3.8) is 0 Å². The van der Waals surface area contributed by atoms with E-state index in [1.807, 2.05) is 11.8 Å². The zero-order valence-corrected chi connectivity index (χ0v) is 17.5. The molecule has 0 radical (unpaired) electrons. The van der Waals surface area contributed by atoms with Crippen LogP contribution in [-0.2, 0) is 11.3 Å². The number of nitrogens with two attached hydrogens (primary N) is 1. The van der Waals surface area contributed by atoms with Crippen LogP contribution in [0, 0.1) is 11.3 Å². The Morgan fingerprint density at radius 2 is 2.03 bits per heavy atom. The average Bonchev–Trinajstić information content (AvgIpc) is 3.35. The third-order valence-electron chi connectivity index (χ3n) is 6.01. The molecule has 1 unspecified atom stereocenters. The summed E-state index contributed by atoms with van der Waals surface area (Å²) in [6.07, 6.45) is 4.28. The van der Waals surface area contributed by atoms with E-state index in [1.165, 1.54) is 0 Å². The first-order valence-electron chi connectivity index (χ1n) is 10.5. The Balaban J connectivity index is 1.35. The molecule has 1 saturated carbocycles. The molecule has 1 atom stereocenters. The van der Waals surface area contributed by atoms with Crippen LogP contribution in [0.15, 0.2) is 30.5 Å². The summed E-state index contributed by atoms with van der Waals surface area (Å²) in [5, 5.41) is 24.5. The van der Waals surface area contributed by atoms with Crippen LogP contribution in [0.2, 0.25) is 0 Å². The van der Waals surface area contributed by atoms with Crippen molar-refractivity contribution in [2.45, 2.75) is 57.3 Å². The fraction of sp³-hybridized carbons (Fsp3) is 0.500. The Labute approximate surface area is 181 Å². The van der Waals surface area contributed by atoms with Crippen LogP contribution in [0.5, 0.6) is 5.75 Å². The first kappa shape index (κ1) is 21.3. The number of likely N-dealkylation sites (tertiary alicyclic amines) is 1. The Morgan fingerprint density at radius 1 is 1.35 bits per heavy atom. The largest absolute Gasteiger partial charge is 0.489 e. The SMILES string of the molecule is CC1(OC(O)N2CCC(n3ncc(COc4ccc(C(N)=O)cc4)c3C#N)CC2)CC1. The number of ether oxygens (including phenoxy) is 2. The van der Waals surface area contributed by atoms with E-state index in [9.17, 15) is 15.2 Å². The molecule has 3 N–H and O–H groups in total. The third kappa shape index (κ3) is 4.88. The van der Waals surface area contributed by atoms with Gasteiger partial charge in [0.2, 0.25) is 12.3 Å². The van der Waals surface area contributed by atoms with Crippen molar-refractivity contribution in [3.8, 4) is 11.8 Å². The number of nitriles is 1. The van der Waals surface area contributed by atoms with Crippen molar-refractivity contribution in [2.24, 2.45) is 5.73 Å². The van der Waals surface area contributed by atoms with Crippen LogP contribution in [0.4, 0.5) is 0 Å². The van der Waals surface area contributed by atoms with Crippen LogP contribution in [0.1, 0.15) is 60.3 Å². The molecule has 0 spiro atoms. The number of nitrogens with zero attached hydrogens (tertiary/aromatic N) is 4. The summed E-state index contributed by atoms with van der Waals surface area (Å²) in [4.78, 5) is 13.1. The van der Waals surface area contributed by atoms with E-state index >= 15 is 0 Å². The van der Waals surface area contributed by atoms with E-state index in [-0.39, 0.29) is 18.2 Å². The number of benzene rings is 1. The van der Waals surface area contributed by atoms with E-state index in [2.05, 4.69) is 11.2 Å². The van der Waals surface area contributed by atoms with Crippen LogP contribution in [0.3, 0.4) is 0 Å². The van der Waals surface area contributed by atoms with E-state index in [4.69, 9.17) is 15.2 Å². The summed E-state index contributed by atoms with van der Waals surface area (Å²) in [5.74, 6) is 0.0831. The molecule has 1 aromatic heterocycles. The van der Waals surface area contributed by atoms with Crippen LogP contribution < -0.4 is 10.5 Å². The maximum absolute atomic E-state index is 11.2. The first-order chi connectivity index (χ1) is 14.9. The Bertz CT molecular complexity index is 969. The molecule has 2 fully saturated rings. The molecular formula is C22H27N5O4. The van der Waals surface area contributed by atoms with Crippen LogP contribution >= 0.6 is 0 Å². The summed E-state index contributed by atoms with van der Waals surface area (Å²) in [7, 11) is 0. The lowest BCUT2D eigenvalue weighted by atomic mass is 10.1. The van der Waals surface area contributed by atoms with E-state index in [0.717, 1.165) is 25.7 Å².